The summed E-state index contributed by atoms with van der Waals surface area (Å²) in [6, 6.07) is 11.7. The minimum atomic E-state index is 0.816. The third kappa shape index (κ3) is 1.54. The number of hydrogen-bond acceptors (Lipinski definition) is 3. The Labute approximate surface area is 105 Å². The highest BCUT2D eigenvalue weighted by atomic mass is 16.5. The first-order chi connectivity index (χ1) is 8.81. The quantitative estimate of drug-likeness (QED) is 0.690. The molecule has 0 aliphatic heterocycles. The maximum absolute atomic E-state index is 5.38. The normalized spacial score (nSPS) is 10.8. The number of nitrogens with zero attached hydrogens (tertiary/aromatic N) is 3. The average Bonchev–Trinajstić information content (AvgIpc) is 2.76. The molecule has 4 heteroatoms. The average molecular weight is 239 g/mol. The zero-order valence-corrected chi connectivity index (χ0v) is 10.3. The Morgan fingerprint density at radius 3 is 2.72 bits per heavy atom. The Morgan fingerprint density at radius 1 is 1.11 bits per heavy atom. The first-order valence-electron chi connectivity index (χ1n) is 5.72. The van der Waals surface area contributed by atoms with Crippen molar-refractivity contribution in [2.45, 2.75) is 0 Å². The molecule has 0 N–H and O–H groups in total. The lowest BCUT2D eigenvalue weighted by Crippen LogP contribution is -1.96. The van der Waals surface area contributed by atoms with E-state index < -0.39 is 0 Å². The van der Waals surface area contributed by atoms with Crippen LogP contribution in [-0.2, 0) is 7.05 Å². The molecular weight excluding hydrogens is 226 g/mol. The molecule has 1 aromatic carbocycles. The van der Waals surface area contributed by atoms with E-state index in [1.807, 2.05) is 48.0 Å². The Kier molecular flexibility index (Phi) is 2.48. The molecule has 18 heavy (non-hydrogen) atoms. The van der Waals surface area contributed by atoms with Gasteiger partial charge in [0.1, 0.15) is 17.1 Å². The molecule has 3 aromatic rings. The fraction of sp³-hybridized carbons (Fsp3) is 0.143. The number of rotatable bonds is 2. The van der Waals surface area contributed by atoms with Gasteiger partial charge in [-0.2, -0.15) is 0 Å². The van der Waals surface area contributed by atoms with E-state index in [9.17, 15) is 0 Å². The fourth-order valence-electron chi connectivity index (χ4n) is 2.09. The molecule has 3 rings (SSSR count). The van der Waals surface area contributed by atoms with Crippen LogP contribution in [0.25, 0.3) is 22.6 Å². The van der Waals surface area contributed by atoms with Crippen molar-refractivity contribution in [1.82, 2.24) is 14.5 Å². The van der Waals surface area contributed by atoms with E-state index in [-0.39, 0.29) is 0 Å². The lowest BCUT2D eigenvalue weighted by atomic mass is 10.2. The lowest BCUT2D eigenvalue weighted by Gasteiger charge is -2.07. The molecule has 0 aliphatic rings. The van der Waals surface area contributed by atoms with Gasteiger partial charge in [-0.1, -0.05) is 12.1 Å². The minimum absolute atomic E-state index is 0.816. The molecule has 2 heterocycles. The summed E-state index contributed by atoms with van der Waals surface area (Å²) in [5.41, 5.74) is 2.74. The number of aryl methyl sites for hydroxylation is 1. The second kappa shape index (κ2) is 4.14. The monoisotopic (exact) mass is 239 g/mol. The Hall–Kier alpha value is -2.36. The molecule has 0 bridgehead atoms. The molecule has 0 saturated heterocycles. The zero-order chi connectivity index (χ0) is 12.5. The van der Waals surface area contributed by atoms with Gasteiger partial charge in [-0.3, -0.25) is 0 Å². The third-order valence-corrected chi connectivity index (χ3v) is 2.98. The number of hydrogen-bond donors (Lipinski definition) is 0. The van der Waals surface area contributed by atoms with Gasteiger partial charge in [-0.25, -0.2) is 9.97 Å². The maximum atomic E-state index is 5.38. The van der Waals surface area contributed by atoms with Crippen LogP contribution < -0.4 is 4.74 Å². The van der Waals surface area contributed by atoms with Crippen LogP contribution in [0.15, 0.2) is 42.6 Å². The first kappa shape index (κ1) is 10.8. The van der Waals surface area contributed by atoms with Gasteiger partial charge >= 0.3 is 0 Å². The van der Waals surface area contributed by atoms with Crippen LogP contribution in [0.3, 0.4) is 0 Å². The molecule has 0 aliphatic carbocycles. The summed E-state index contributed by atoms with van der Waals surface area (Å²) in [6.07, 6.45) is 1.77. The molecule has 0 fully saturated rings. The van der Waals surface area contributed by atoms with Gasteiger partial charge < -0.3 is 9.30 Å². The first-order valence-corrected chi connectivity index (χ1v) is 5.72. The standard InChI is InChI=1S/C14H13N3O/c1-17-13(10-6-3-4-8-12(10)18-2)16-11-7-5-9-15-14(11)17/h3-9H,1-2H3. The highest BCUT2D eigenvalue weighted by Crippen LogP contribution is 2.30. The van der Waals surface area contributed by atoms with E-state index in [1.165, 1.54) is 0 Å². The van der Waals surface area contributed by atoms with Crippen LogP contribution in [0.1, 0.15) is 0 Å². The van der Waals surface area contributed by atoms with Crippen molar-refractivity contribution < 1.29 is 4.74 Å². The second-order valence-corrected chi connectivity index (χ2v) is 4.04. The Bertz CT molecular complexity index is 703. The Morgan fingerprint density at radius 2 is 1.94 bits per heavy atom. The molecule has 0 atom stereocenters. The maximum Gasteiger partial charge on any atom is 0.160 e. The summed E-state index contributed by atoms with van der Waals surface area (Å²) < 4.78 is 7.36. The number of benzene rings is 1. The summed E-state index contributed by atoms with van der Waals surface area (Å²) in [6.45, 7) is 0. The number of imidazole rings is 1. The molecule has 0 amide bonds. The van der Waals surface area contributed by atoms with Crippen LogP contribution in [-0.4, -0.2) is 21.6 Å². The number of methoxy groups -OCH3 is 1. The van der Waals surface area contributed by atoms with Gasteiger partial charge in [0.25, 0.3) is 0 Å². The van der Waals surface area contributed by atoms with Gasteiger partial charge in [0, 0.05) is 13.2 Å². The van der Waals surface area contributed by atoms with Gasteiger partial charge in [0.05, 0.1) is 12.7 Å². The topological polar surface area (TPSA) is 39.9 Å². The van der Waals surface area contributed by atoms with Crippen LogP contribution in [0.2, 0.25) is 0 Å². The molecule has 0 spiro atoms. The van der Waals surface area contributed by atoms with Crippen LogP contribution in [0.4, 0.5) is 0 Å². The zero-order valence-electron chi connectivity index (χ0n) is 10.3. The van der Waals surface area contributed by atoms with E-state index >= 15 is 0 Å². The van der Waals surface area contributed by atoms with Crippen molar-refractivity contribution in [2.75, 3.05) is 7.11 Å². The van der Waals surface area contributed by atoms with E-state index in [0.717, 1.165) is 28.3 Å². The van der Waals surface area contributed by atoms with Crippen molar-refractivity contribution in [3.05, 3.63) is 42.6 Å². The largest absolute Gasteiger partial charge is 0.496 e. The summed E-state index contributed by atoms with van der Waals surface area (Å²) >= 11 is 0. The molecule has 0 saturated carbocycles. The summed E-state index contributed by atoms with van der Waals surface area (Å²) in [5, 5.41) is 0. The molecule has 0 unspecified atom stereocenters. The lowest BCUT2D eigenvalue weighted by molar-refractivity contribution is 0.416. The third-order valence-electron chi connectivity index (χ3n) is 2.98. The van der Waals surface area contributed by atoms with Gasteiger partial charge in [-0.05, 0) is 24.3 Å². The van der Waals surface area contributed by atoms with Crippen LogP contribution in [0, 0.1) is 0 Å². The highest BCUT2D eigenvalue weighted by molar-refractivity contribution is 5.78. The van der Waals surface area contributed by atoms with Crippen LogP contribution >= 0.6 is 0 Å². The number of para-hydroxylation sites is 1. The fourth-order valence-corrected chi connectivity index (χ4v) is 2.09. The summed E-state index contributed by atoms with van der Waals surface area (Å²) in [5.74, 6) is 1.68. The van der Waals surface area contributed by atoms with E-state index in [1.54, 1.807) is 13.3 Å². The predicted molar refractivity (Wildman–Crippen MR) is 70.5 cm³/mol. The van der Waals surface area contributed by atoms with Crippen molar-refractivity contribution >= 4 is 11.2 Å². The van der Waals surface area contributed by atoms with Gasteiger partial charge in [0.15, 0.2) is 5.65 Å². The SMILES string of the molecule is COc1ccccc1-c1nc2cccnc2n1C. The van der Waals surface area contributed by atoms with E-state index in [2.05, 4.69) is 9.97 Å². The predicted octanol–water partition coefficient (Wildman–Crippen LogP) is 2.64. The minimum Gasteiger partial charge on any atom is -0.496 e. The number of fused-ring (bicyclic) bond motifs is 1. The highest BCUT2D eigenvalue weighted by Gasteiger charge is 2.13. The molecule has 2 aromatic heterocycles. The molecular formula is C14H13N3O. The van der Waals surface area contributed by atoms with Crippen molar-refractivity contribution in [1.29, 1.82) is 0 Å². The Balaban J connectivity index is 2.28. The number of pyridine rings is 1. The summed E-state index contributed by atoms with van der Waals surface area (Å²) in [4.78, 5) is 8.95. The van der Waals surface area contributed by atoms with E-state index in [0.29, 0.717) is 0 Å². The molecule has 90 valence electrons. The van der Waals surface area contributed by atoms with Gasteiger partial charge in [0.2, 0.25) is 0 Å². The second-order valence-electron chi connectivity index (χ2n) is 4.04. The number of aromatic nitrogens is 3. The summed E-state index contributed by atoms with van der Waals surface area (Å²) in [7, 11) is 3.63. The number of ether oxygens (including phenoxy) is 1. The van der Waals surface area contributed by atoms with Crippen molar-refractivity contribution in [2.24, 2.45) is 7.05 Å². The van der Waals surface area contributed by atoms with Gasteiger partial charge in [-0.15, -0.1) is 0 Å². The molecule has 4 nitrogen and oxygen atoms in total. The smallest absolute Gasteiger partial charge is 0.160 e. The molecule has 0 radical (unpaired) electrons. The van der Waals surface area contributed by atoms with Crippen molar-refractivity contribution in [3.63, 3.8) is 0 Å². The van der Waals surface area contributed by atoms with E-state index in [4.69, 9.17) is 4.74 Å². The van der Waals surface area contributed by atoms with Crippen molar-refractivity contribution in [3.8, 4) is 17.1 Å². The van der Waals surface area contributed by atoms with Crippen LogP contribution in [0.5, 0.6) is 5.75 Å².